The maximum Gasteiger partial charge on any atom is 0.255 e. The van der Waals surface area contributed by atoms with Crippen molar-refractivity contribution >= 4 is 17.7 Å². The second-order valence-corrected chi connectivity index (χ2v) is 7.07. The van der Waals surface area contributed by atoms with E-state index in [1.165, 1.54) is 0 Å². The van der Waals surface area contributed by atoms with Gasteiger partial charge >= 0.3 is 0 Å². The molecule has 0 spiro atoms. The van der Waals surface area contributed by atoms with Crippen molar-refractivity contribution in [3.63, 3.8) is 0 Å². The lowest BCUT2D eigenvalue weighted by Crippen LogP contribution is -2.52. The van der Waals surface area contributed by atoms with Crippen LogP contribution in [0.4, 0.5) is 0 Å². The summed E-state index contributed by atoms with van der Waals surface area (Å²) in [5.74, 6) is -0.791. The zero-order valence-corrected chi connectivity index (χ0v) is 14.6. The number of piperidine rings is 1. The number of nitrogens with two attached hydrogens (primary N) is 1. The Labute approximate surface area is 147 Å². The molecule has 2 aliphatic heterocycles. The Balaban J connectivity index is 1.73. The smallest absolute Gasteiger partial charge is 0.255 e. The van der Waals surface area contributed by atoms with Gasteiger partial charge in [0.2, 0.25) is 11.8 Å². The quantitative estimate of drug-likeness (QED) is 0.746. The van der Waals surface area contributed by atoms with E-state index in [0.717, 1.165) is 17.7 Å². The normalized spacial score (nSPS) is 21.5. The largest absolute Gasteiger partial charge is 0.327 e. The van der Waals surface area contributed by atoms with Gasteiger partial charge in [0.1, 0.15) is 6.04 Å². The van der Waals surface area contributed by atoms with Crippen LogP contribution in [-0.2, 0) is 22.7 Å². The maximum absolute atomic E-state index is 12.8. The van der Waals surface area contributed by atoms with Crippen molar-refractivity contribution < 1.29 is 14.4 Å². The number of rotatable bonds is 5. The average Bonchev–Trinajstić information content (AvgIpc) is 2.83. The Kier molecular flexibility index (Phi) is 4.87. The number of benzene rings is 1. The summed E-state index contributed by atoms with van der Waals surface area (Å²) in [7, 11) is 1.99. The first-order valence-electron chi connectivity index (χ1n) is 8.55. The van der Waals surface area contributed by atoms with Crippen molar-refractivity contribution in [2.75, 3.05) is 13.6 Å². The zero-order valence-electron chi connectivity index (χ0n) is 14.6. The topological polar surface area (TPSA) is 95.7 Å². The zero-order chi connectivity index (χ0) is 18.1. The molecule has 2 heterocycles. The molecule has 25 heavy (non-hydrogen) atoms. The average molecular weight is 344 g/mol. The summed E-state index contributed by atoms with van der Waals surface area (Å²) in [6.07, 6.45) is 0.651. The molecule has 7 nitrogen and oxygen atoms in total. The molecular weight excluding hydrogens is 320 g/mol. The fourth-order valence-electron chi connectivity index (χ4n) is 3.57. The number of nitrogens with one attached hydrogen (secondary N) is 1. The summed E-state index contributed by atoms with van der Waals surface area (Å²) < 4.78 is 0. The molecule has 1 fully saturated rings. The summed E-state index contributed by atoms with van der Waals surface area (Å²) in [5, 5.41) is 2.32. The van der Waals surface area contributed by atoms with E-state index in [0.29, 0.717) is 25.1 Å². The second-order valence-electron chi connectivity index (χ2n) is 7.07. The third-order valence-corrected chi connectivity index (χ3v) is 4.64. The Morgan fingerprint density at radius 3 is 2.80 bits per heavy atom. The molecule has 134 valence electrons. The minimum Gasteiger partial charge on any atom is -0.327 e. The molecule has 3 amide bonds. The third-order valence-electron chi connectivity index (χ3n) is 4.64. The lowest BCUT2D eigenvalue weighted by Gasteiger charge is -2.29. The van der Waals surface area contributed by atoms with Gasteiger partial charge < -0.3 is 15.5 Å². The Morgan fingerprint density at radius 1 is 1.36 bits per heavy atom. The van der Waals surface area contributed by atoms with Gasteiger partial charge in [0.05, 0.1) is 0 Å². The highest BCUT2D eigenvalue weighted by Gasteiger charge is 2.39. The number of amides is 3. The molecule has 0 saturated carbocycles. The molecule has 0 aliphatic carbocycles. The third kappa shape index (κ3) is 3.72. The second kappa shape index (κ2) is 6.93. The highest BCUT2D eigenvalue weighted by atomic mass is 16.2. The van der Waals surface area contributed by atoms with Crippen LogP contribution >= 0.6 is 0 Å². The molecule has 2 aliphatic rings. The molecule has 1 aromatic carbocycles. The first kappa shape index (κ1) is 17.6. The molecular formula is C18H24N4O3. The van der Waals surface area contributed by atoms with Gasteiger partial charge in [-0.2, -0.15) is 0 Å². The molecule has 3 N–H and O–H groups in total. The number of hydrogen-bond donors (Lipinski definition) is 2. The molecule has 0 aromatic heterocycles. The first-order chi connectivity index (χ1) is 11.8. The number of carbonyl (C=O) groups is 3. The lowest BCUT2D eigenvalue weighted by atomic mass is 10.0. The SMILES string of the molecule is C[C@H](N)CN(C)Cc1ccc2c(c1)C(=O)N(C1CCC(=O)NC1=O)C2. The first-order valence-corrected chi connectivity index (χ1v) is 8.55. The highest BCUT2D eigenvalue weighted by Crippen LogP contribution is 2.28. The van der Waals surface area contributed by atoms with Gasteiger partial charge in [0.15, 0.2) is 0 Å². The molecule has 3 rings (SSSR count). The number of nitrogens with zero attached hydrogens (tertiary/aromatic N) is 2. The van der Waals surface area contributed by atoms with Gasteiger partial charge in [-0.15, -0.1) is 0 Å². The van der Waals surface area contributed by atoms with Crippen molar-refractivity contribution in [3.05, 3.63) is 34.9 Å². The van der Waals surface area contributed by atoms with E-state index in [4.69, 9.17) is 5.73 Å². The summed E-state index contributed by atoms with van der Waals surface area (Å²) in [6.45, 7) is 3.85. The molecule has 0 radical (unpaired) electrons. The van der Waals surface area contributed by atoms with Crippen LogP contribution in [0.3, 0.4) is 0 Å². The summed E-state index contributed by atoms with van der Waals surface area (Å²) in [4.78, 5) is 39.8. The molecule has 2 atom stereocenters. The lowest BCUT2D eigenvalue weighted by molar-refractivity contribution is -0.136. The highest BCUT2D eigenvalue weighted by molar-refractivity contribution is 6.05. The maximum atomic E-state index is 12.8. The molecule has 0 bridgehead atoms. The minimum absolute atomic E-state index is 0.0871. The van der Waals surface area contributed by atoms with Crippen molar-refractivity contribution in [1.29, 1.82) is 0 Å². The van der Waals surface area contributed by atoms with E-state index in [-0.39, 0.29) is 30.2 Å². The van der Waals surface area contributed by atoms with Crippen molar-refractivity contribution in [3.8, 4) is 0 Å². The fraction of sp³-hybridized carbons (Fsp3) is 0.500. The van der Waals surface area contributed by atoms with Crippen LogP contribution in [-0.4, -0.2) is 53.2 Å². The van der Waals surface area contributed by atoms with Gasteiger partial charge in [-0.3, -0.25) is 19.7 Å². The predicted molar refractivity (Wildman–Crippen MR) is 92.5 cm³/mol. The molecule has 7 heteroatoms. The number of hydrogen-bond acceptors (Lipinski definition) is 5. The number of likely N-dealkylation sites (N-methyl/N-ethyl adjacent to an activating group) is 1. The van der Waals surface area contributed by atoms with Gasteiger partial charge in [0.25, 0.3) is 5.91 Å². The summed E-state index contributed by atoms with van der Waals surface area (Å²) in [5.41, 5.74) is 8.43. The molecule has 1 saturated heterocycles. The van der Waals surface area contributed by atoms with Gasteiger partial charge in [0, 0.05) is 37.7 Å². The Morgan fingerprint density at radius 2 is 2.12 bits per heavy atom. The summed E-state index contributed by atoms with van der Waals surface area (Å²) >= 11 is 0. The molecule has 1 aromatic rings. The van der Waals surface area contributed by atoms with Crippen molar-refractivity contribution in [1.82, 2.24) is 15.1 Å². The van der Waals surface area contributed by atoms with Gasteiger partial charge in [-0.25, -0.2) is 0 Å². The van der Waals surface area contributed by atoms with Crippen LogP contribution in [0.2, 0.25) is 0 Å². The van der Waals surface area contributed by atoms with Crippen molar-refractivity contribution in [2.45, 2.75) is 44.9 Å². The predicted octanol–water partition coefficient (Wildman–Crippen LogP) is 0.227. The van der Waals surface area contributed by atoms with Crippen LogP contribution in [0.5, 0.6) is 0 Å². The van der Waals surface area contributed by atoms with E-state index in [9.17, 15) is 14.4 Å². The Hall–Kier alpha value is -2.25. The van der Waals surface area contributed by atoms with Crippen LogP contribution in [0.15, 0.2) is 18.2 Å². The van der Waals surface area contributed by atoms with E-state index in [2.05, 4.69) is 10.2 Å². The molecule has 1 unspecified atom stereocenters. The summed E-state index contributed by atoms with van der Waals surface area (Å²) in [6, 6.07) is 5.39. The van der Waals surface area contributed by atoms with Crippen LogP contribution < -0.4 is 11.1 Å². The minimum atomic E-state index is -0.568. The van der Waals surface area contributed by atoms with Crippen LogP contribution in [0.25, 0.3) is 0 Å². The number of carbonyl (C=O) groups excluding carboxylic acids is 3. The van der Waals surface area contributed by atoms with Gasteiger partial charge in [-0.1, -0.05) is 12.1 Å². The van der Waals surface area contributed by atoms with E-state index >= 15 is 0 Å². The van der Waals surface area contributed by atoms with Crippen LogP contribution in [0, 0.1) is 0 Å². The number of fused-ring (bicyclic) bond motifs is 1. The Bertz CT molecular complexity index is 716. The van der Waals surface area contributed by atoms with Crippen LogP contribution in [0.1, 0.15) is 41.3 Å². The van der Waals surface area contributed by atoms with E-state index in [1.54, 1.807) is 4.90 Å². The standard InChI is InChI=1S/C18H24N4O3/c1-11(19)8-21(2)9-12-3-4-13-10-22(18(25)14(13)7-12)15-5-6-16(23)20-17(15)24/h3-4,7,11,15H,5-6,8-10,19H2,1-2H3,(H,20,23,24)/t11-,15?/m0/s1. The van der Waals surface area contributed by atoms with E-state index < -0.39 is 6.04 Å². The number of imide groups is 1. The van der Waals surface area contributed by atoms with Gasteiger partial charge in [-0.05, 0) is 37.6 Å². The van der Waals surface area contributed by atoms with E-state index in [1.807, 2.05) is 32.2 Å². The monoisotopic (exact) mass is 344 g/mol. The van der Waals surface area contributed by atoms with Crippen molar-refractivity contribution in [2.24, 2.45) is 5.73 Å². The fourth-order valence-corrected chi connectivity index (χ4v) is 3.57.